The predicted molar refractivity (Wildman–Crippen MR) is 110 cm³/mol. The van der Waals surface area contributed by atoms with E-state index in [1.165, 1.54) is 13.5 Å². The second-order valence-electron chi connectivity index (χ2n) is 9.38. The van der Waals surface area contributed by atoms with Crippen LogP contribution in [0.1, 0.15) is 46.4 Å². The predicted octanol–water partition coefficient (Wildman–Crippen LogP) is 4.06. The van der Waals surface area contributed by atoms with Crippen molar-refractivity contribution in [3.05, 3.63) is 17.8 Å². The van der Waals surface area contributed by atoms with Crippen molar-refractivity contribution < 1.29 is 23.4 Å². The van der Waals surface area contributed by atoms with Crippen LogP contribution in [0.5, 0.6) is 0 Å². The third kappa shape index (κ3) is 4.13. The zero-order valence-corrected chi connectivity index (χ0v) is 19.4. The van der Waals surface area contributed by atoms with Crippen molar-refractivity contribution in [2.45, 2.75) is 83.3 Å². The first-order valence-electron chi connectivity index (χ1n) is 9.75. The summed E-state index contributed by atoms with van der Waals surface area (Å²) in [5.41, 5.74) is 0.422. The first-order chi connectivity index (χ1) is 13.4. The fourth-order valence-corrected chi connectivity index (χ4v) is 4.42. The highest BCUT2D eigenvalue weighted by molar-refractivity contribution is 6.74. The molecule has 2 fully saturated rings. The molecule has 0 radical (unpaired) electrons. The van der Waals surface area contributed by atoms with E-state index in [9.17, 15) is 5.26 Å². The van der Waals surface area contributed by atoms with Gasteiger partial charge in [-0.3, -0.25) is 0 Å². The molecule has 2 aliphatic rings. The molecular weight excluding hydrogens is 390 g/mol. The Labute approximate surface area is 173 Å². The van der Waals surface area contributed by atoms with E-state index < -0.39 is 32.7 Å². The fourth-order valence-electron chi connectivity index (χ4n) is 3.30. The van der Waals surface area contributed by atoms with Gasteiger partial charge in [-0.25, -0.2) is 4.99 Å². The SMILES string of the molecule is CO/C=N/c1c(C#N)ccn1[C@@H]1O[C@H](O[Si](C)(C)C(C)(C)C)[C@H]2OC(C)(C)O[C@H]21. The Kier molecular flexibility index (Phi) is 5.70. The quantitative estimate of drug-likeness (QED) is 0.405. The van der Waals surface area contributed by atoms with E-state index in [1.807, 2.05) is 13.8 Å². The minimum absolute atomic E-state index is 0.0221. The zero-order valence-electron chi connectivity index (χ0n) is 18.4. The number of nitriles is 1. The number of ether oxygens (including phenoxy) is 4. The van der Waals surface area contributed by atoms with Crippen molar-refractivity contribution >= 4 is 20.5 Å². The Bertz CT molecular complexity index is 821. The number of rotatable bonds is 5. The van der Waals surface area contributed by atoms with Crippen molar-refractivity contribution in [2.24, 2.45) is 4.99 Å². The molecule has 1 aromatic rings. The summed E-state index contributed by atoms with van der Waals surface area (Å²) in [6, 6.07) is 3.85. The van der Waals surface area contributed by atoms with E-state index in [2.05, 4.69) is 44.9 Å². The van der Waals surface area contributed by atoms with Crippen molar-refractivity contribution in [1.82, 2.24) is 4.57 Å². The molecule has 0 unspecified atom stereocenters. The second kappa shape index (κ2) is 7.52. The minimum Gasteiger partial charge on any atom is -0.486 e. The third-order valence-corrected chi connectivity index (χ3v) is 10.2. The van der Waals surface area contributed by atoms with Gasteiger partial charge < -0.3 is 27.9 Å². The molecule has 0 N–H and O–H groups in total. The number of hydrogen-bond acceptors (Lipinski definition) is 7. The number of aromatic nitrogens is 1. The molecule has 8 nitrogen and oxygen atoms in total. The van der Waals surface area contributed by atoms with E-state index in [0.717, 1.165) is 0 Å². The summed E-state index contributed by atoms with van der Waals surface area (Å²) in [5.74, 6) is -0.312. The first-order valence-corrected chi connectivity index (χ1v) is 12.7. The van der Waals surface area contributed by atoms with Crippen LogP contribution in [0.15, 0.2) is 17.3 Å². The van der Waals surface area contributed by atoms with Gasteiger partial charge in [0.1, 0.15) is 18.3 Å². The number of methoxy groups -OCH3 is 1. The van der Waals surface area contributed by atoms with Gasteiger partial charge in [0.25, 0.3) is 0 Å². The number of aliphatic imine (C=N–C) groups is 1. The zero-order chi connectivity index (χ0) is 21.6. The molecule has 0 saturated carbocycles. The molecule has 1 aromatic heterocycles. The molecule has 3 rings (SSSR count). The highest BCUT2D eigenvalue weighted by Crippen LogP contribution is 2.47. The van der Waals surface area contributed by atoms with Crippen molar-refractivity contribution in [2.75, 3.05) is 7.11 Å². The summed E-state index contributed by atoms with van der Waals surface area (Å²) < 4.78 is 31.9. The maximum Gasteiger partial charge on any atom is 0.195 e. The average molecular weight is 422 g/mol. The summed E-state index contributed by atoms with van der Waals surface area (Å²) in [4.78, 5) is 4.27. The Balaban J connectivity index is 1.96. The molecule has 0 spiro atoms. The molecule has 4 atom stereocenters. The van der Waals surface area contributed by atoms with Crippen LogP contribution >= 0.6 is 0 Å². The number of fused-ring (bicyclic) bond motifs is 1. The molecule has 2 aliphatic heterocycles. The van der Waals surface area contributed by atoms with Crippen molar-refractivity contribution in [3.8, 4) is 6.07 Å². The lowest BCUT2D eigenvalue weighted by atomic mass is 10.2. The molecule has 2 saturated heterocycles. The van der Waals surface area contributed by atoms with Crippen LogP contribution in [0.2, 0.25) is 18.1 Å². The van der Waals surface area contributed by atoms with Gasteiger partial charge in [-0.15, -0.1) is 0 Å². The van der Waals surface area contributed by atoms with E-state index in [-0.39, 0.29) is 11.1 Å². The number of hydrogen-bond donors (Lipinski definition) is 0. The van der Waals surface area contributed by atoms with Crippen LogP contribution in [0, 0.1) is 11.3 Å². The highest BCUT2D eigenvalue weighted by atomic mass is 28.4. The third-order valence-electron chi connectivity index (χ3n) is 5.77. The Morgan fingerprint density at radius 3 is 2.52 bits per heavy atom. The minimum atomic E-state index is -2.11. The van der Waals surface area contributed by atoms with Gasteiger partial charge in [0.2, 0.25) is 0 Å². The Morgan fingerprint density at radius 2 is 1.93 bits per heavy atom. The average Bonchev–Trinajstić information content (AvgIpc) is 3.23. The molecule has 29 heavy (non-hydrogen) atoms. The molecule has 0 aliphatic carbocycles. The lowest BCUT2D eigenvalue weighted by Gasteiger charge is -2.39. The lowest BCUT2D eigenvalue weighted by Crippen LogP contribution is -2.47. The van der Waals surface area contributed by atoms with Gasteiger partial charge in [0.15, 0.2) is 38.8 Å². The first kappa shape index (κ1) is 22.0. The summed E-state index contributed by atoms with van der Waals surface area (Å²) in [6.07, 6.45) is 1.18. The smallest absolute Gasteiger partial charge is 0.195 e. The standard InChI is InChI=1S/C20H31N3O5Si/c1-19(2,3)29(7,8)28-18-15-14(26-20(4,5)27-15)17(25-18)23-10-9-13(11-21)16(23)22-12-24-6/h9-10,12,14-15,17-18H,1-8H3/b22-12+/t14-,15+,17-,18-/m1/s1. The van der Waals surface area contributed by atoms with Gasteiger partial charge in [0.05, 0.1) is 12.7 Å². The second-order valence-corrected chi connectivity index (χ2v) is 14.1. The van der Waals surface area contributed by atoms with E-state index in [4.69, 9.17) is 23.4 Å². The summed E-state index contributed by atoms with van der Waals surface area (Å²) in [7, 11) is -0.610. The number of nitrogens with zero attached hydrogens (tertiary/aromatic N) is 3. The van der Waals surface area contributed by atoms with Crippen LogP contribution in [0.25, 0.3) is 0 Å². The summed E-state index contributed by atoms with van der Waals surface area (Å²) in [6.45, 7) is 14.7. The molecule has 0 amide bonds. The van der Waals surface area contributed by atoms with Gasteiger partial charge in [0, 0.05) is 6.20 Å². The van der Waals surface area contributed by atoms with Crippen LogP contribution in [0.3, 0.4) is 0 Å². The van der Waals surface area contributed by atoms with Crippen LogP contribution < -0.4 is 0 Å². The molecule has 0 bridgehead atoms. The van der Waals surface area contributed by atoms with E-state index in [1.54, 1.807) is 16.8 Å². The molecular formula is C20H31N3O5Si. The van der Waals surface area contributed by atoms with E-state index >= 15 is 0 Å². The molecule has 0 aromatic carbocycles. The topological polar surface area (TPSA) is 87.2 Å². The van der Waals surface area contributed by atoms with Crippen molar-refractivity contribution in [1.29, 1.82) is 5.26 Å². The van der Waals surface area contributed by atoms with Gasteiger partial charge in [-0.05, 0) is 38.0 Å². The van der Waals surface area contributed by atoms with Crippen LogP contribution in [-0.4, -0.2) is 50.7 Å². The summed E-state index contributed by atoms with van der Waals surface area (Å²) >= 11 is 0. The van der Waals surface area contributed by atoms with Gasteiger partial charge >= 0.3 is 0 Å². The van der Waals surface area contributed by atoms with Crippen molar-refractivity contribution in [3.63, 3.8) is 0 Å². The Morgan fingerprint density at radius 1 is 1.28 bits per heavy atom. The normalized spacial score (nSPS) is 29.2. The maximum atomic E-state index is 9.44. The fraction of sp³-hybridized carbons (Fsp3) is 0.700. The molecule has 3 heterocycles. The largest absolute Gasteiger partial charge is 0.486 e. The molecule has 9 heteroatoms. The van der Waals surface area contributed by atoms with Gasteiger partial charge in [-0.1, -0.05) is 20.8 Å². The Hall–Kier alpha value is -1.70. The monoisotopic (exact) mass is 421 g/mol. The van der Waals surface area contributed by atoms with Crippen LogP contribution in [0.4, 0.5) is 5.82 Å². The maximum absolute atomic E-state index is 9.44. The highest BCUT2D eigenvalue weighted by Gasteiger charge is 2.58. The molecule has 160 valence electrons. The lowest BCUT2D eigenvalue weighted by molar-refractivity contribution is -0.226. The van der Waals surface area contributed by atoms with E-state index in [0.29, 0.717) is 11.4 Å². The summed E-state index contributed by atoms with van der Waals surface area (Å²) in [5, 5.41) is 9.47. The van der Waals surface area contributed by atoms with Crippen LogP contribution in [-0.2, 0) is 23.4 Å². The van der Waals surface area contributed by atoms with Gasteiger partial charge in [-0.2, -0.15) is 5.26 Å².